The molecular formula is C4H7O. The predicted octanol–water partition coefficient (Wildman–Crippen LogP) is 0.609. The molecule has 1 fully saturated rings. The van der Waals surface area contributed by atoms with E-state index in [2.05, 4.69) is 6.42 Å². The van der Waals surface area contributed by atoms with Gasteiger partial charge in [-0.15, -0.1) is 0 Å². The third kappa shape index (κ3) is 0.618. The molecule has 0 aromatic carbocycles. The van der Waals surface area contributed by atoms with Crippen LogP contribution in [0.25, 0.3) is 0 Å². The van der Waals surface area contributed by atoms with Crippen molar-refractivity contribution in [2.45, 2.75) is 12.5 Å². The van der Waals surface area contributed by atoms with Gasteiger partial charge >= 0.3 is 0 Å². The molecule has 0 heterocycles. The van der Waals surface area contributed by atoms with Crippen LogP contribution in [0, 0.1) is 6.42 Å². The second-order valence-electron chi connectivity index (χ2n) is 1.25. The first-order valence-corrected chi connectivity index (χ1v) is 1.79. The van der Waals surface area contributed by atoms with Gasteiger partial charge in [0, 0.05) is 7.11 Å². The minimum Gasteiger partial charge on any atom is -0.381 e. The van der Waals surface area contributed by atoms with Crippen LogP contribution in [-0.4, -0.2) is 13.2 Å². The number of hydrogen-bond acceptors (Lipinski definition) is 1. The quantitative estimate of drug-likeness (QED) is 0.440. The maximum atomic E-state index is 4.81. The summed E-state index contributed by atoms with van der Waals surface area (Å²) in [5, 5.41) is 0. The smallest absolute Gasteiger partial charge is 0.0607 e. The lowest BCUT2D eigenvalue weighted by atomic mass is 10.9. The summed E-state index contributed by atoms with van der Waals surface area (Å²) in [6, 6.07) is 0. The van der Waals surface area contributed by atoms with Gasteiger partial charge in [0.25, 0.3) is 0 Å². The molecule has 0 N–H and O–H groups in total. The first-order chi connectivity index (χ1) is 2.43. The van der Waals surface area contributed by atoms with Crippen molar-refractivity contribution < 1.29 is 4.74 Å². The molecule has 1 heteroatoms. The minimum atomic E-state index is 0.509. The monoisotopic (exact) mass is 71.0 g/mol. The van der Waals surface area contributed by atoms with Crippen LogP contribution in [-0.2, 0) is 4.74 Å². The number of methoxy groups -OCH3 is 1. The van der Waals surface area contributed by atoms with Crippen LogP contribution < -0.4 is 0 Å². The van der Waals surface area contributed by atoms with Gasteiger partial charge in [-0.05, 0) is 12.8 Å². The second kappa shape index (κ2) is 0.977. The molecule has 0 spiro atoms. The summed E-state index contributed by atoms with van der Waals surface area (Å²) in [5.74, 6) is 0. The Labute approximate surface area is 31.9 Å². The van der Waals surface area contributed by atoms with Crippen molar-refractivity contribution >= 4 is 0 Å². The van der Waals surface area contributed by atoms with Crippen LogP contribution in [0.2, 0.25) is 0 Å². The average molecular weight is 71.1 g/mol. The lowest BCUT2D eigenvalue weighted by Gasteiger charge is -1.80. The van der Waals surface area contributed by atoms with Crippen LogP contribution >= 0.6 is 0 Å². The Kier molecular flexibility index (Phi) is 0.618. The van der Waals surface area contributed by atoms with E-state index in [9.17, 15) is 0 Å². The summed E-state index contributed by atoms with van der Waals surface area (Å²) in [6.07, 6.45) is 3.80. The second-order valence-corrected chi connectivity index (χ2v) is 1.25. The Morgan fingerprint density at radius 2 is 2.60 bits per heavy atom. The van der Waals surface area contributed by atoms with Crippen LogP contribution in [0.4, 0.5) is 0 Å². The van der Waals surface area contributed by atoms with Crippen molar-refractivity contribution in [3.63, 3.8) is 0 Å². The molecule has 0 saturated heterocycles. The topological polar surface area (TPSA) is 9.23 Å². The molecule has 1 aliphatic rings. The van der Waals surface area contributed by atoms with Crippen LogP contribution in [0.3, 0.4) is 0 Å². The van der Waals surface area contributed by atoms with Gasteiger partial charge in [-0.3, -0.25) is 0 Å². The zero-order valence-electron chi connectivity index (χ0n) is 3.27. The number of ether oxygens (including phenoxy) is 1. The summed E-state index contributed by atoms with van der Waals surface area (Å²) in [4.78, 5) is 0. The number of rotatable bonds is 1. The minimum absolute atomic E-state index is 0.509. The normalized spacial score (nSPS) is 23.4. The van der Waals surface area contributed by atoms with E-state index in [1.807, 2.05) is 0 Å². The van der Waals surface area contributed by atoms with Crippen LogP contribution in [0.1, 0.15) is 6.42 Å². The molecule has 0 bridgehead atoms. The summed E-state index contributed by atoms with van der Waals surface area (Å²) in [5.41, 5.74) is 0. The van der Waals surface area contributed by atoms with Crippen LogP contribution in [0.15, 0.2) is 0 Å². The van der Waals surface area contributed by atoms with Crippen molar-refractivity contribution in [2.24, 2.45) is 0 Å². The maximum absolute atomic E-state index is 4.81. The molecule has 1 rings (SSSR count). The zero-order chi connectivity index (χ0) is 3.70. The van der Waals surface area contributed by atoms with E-state index in [4.69, 9.17) is 4.74 Å². The van der Waals surface area contributed by atoms with E-state index < -0.39 is 0 Å². The molecular weight excluding hydrogens is 64.0 g/mol. The summed E-state index contributed by atoms with van der Waals surface area (Å²) >= 11 is 0. The largest absolute Gasteiger partial charge is 0.381 e. The van der Waals surface area contributed by atoms with E-state index >= 15 is 0 Å². The highest BCUT2D eigenvalue weighted by atomic mass is 16.5. The highest BCUT2D eigenvalue weighted by Gasteiger charge is 2.19. The Morgan fingerprint density at radius 1 is 2.00 bits per heavy atom. The molecule has 1 saturated carbocycles. The highest BCUT2D eigenvalue weighted by molar-refractivity contribution is 4.95. The lowest BCUT2D eigenvalue weighted by molar-refractivity contribution is 0.191. The standard InChI is InChI=1S/C4H7O/c1-5-4-2-3-4/h2,4H,3H2,1H3. The van der Waals surface area contributed by atoms with E-state index in [1.54, 1.807) is 7.11 Å². The Morgan fingerprint density at radius 3 is 2.60 bits per heavy atom. The van der Waals surface area contributed by atoms with Crippen molar-refractivity contribution in [3.05, 3.63) is 6.42 Å². The molecule has 1 atom stereocenters. The third-order valence-corrected chi connectivity index (χ3v) is 0.731. The van der Waals surface area contributed by atoms with Gasteiger partial charge < -0.3 is 4.74 Å². The molecule has 1 aliphatic carbocycles. The van der Waals surface area contributed by atoms with Gasteiger partial charge in [-0.1, -0.05) is 0 Å². The molecule has 0 aromatic heterocycles. The molecule has 1 nitrogen and oxygen atoms in total. The summed E-state index contributed by atoms with van der Waals surface area (Å²) < 4.78 is 4.81. The fraction of sp³-hybridized carbons (Fsp3) is 0.750. The van der Waals surface area contributed by atoms with Gasteiger partial charge in [-0.2, -0.15) is 0 Å². The van der Waals surface area contributed by atoms with E-state index in [1.165, 1.54) is 0 Å². The molecule has 0 amide bonds. The molecule has 5 heavy (non-hydrogen) atoms. The Bertz CT molecular complexity index is 30.6. The van der Waals surface area contributed by atoms with Crippen molar-refractivity contribution in [1.82, 2.24) is 0 Å². The van der Waals surface area contributed by atoms with Gasteiger partial charge in [0.2, 0.25) is 0 Å². The van der Waals surface area contributed by atoms with Gasteiger partial charge in [0.05, 0.1) is 6.10 Å². The molecule has 29 valence electrons. The lowest BCUT2D eigenvalue weighted by Crippen LogP contribution is -1.80. The molecule has 1 unspecified atom stereocenters. The van der Waals surface area contributed by atoms with Gasteiger partial charge in [-0.25, -0.2) is 0 Å². The van der Waals surface area contributed by atoms with Crippen molar-refractivity contribution in [1.29, 1.82) is 0 Å². The number of hydrogen-bond donors (Lipinski definition) is 0. The maximum Gasteiger partial charge on any atom is 0.0607 e. The third-order valence-electron chi connectivity index (χ3n) is 0.731. The molecule has 1 radical (unpaired) electrons. The van der Waals surface area contributed by atoms with Crippen molar-refractivity contribution in [2.75, 3.05) is 7.11 Å². The first-order valence-electron chi connectivity index (χ1n) is 1.79. The summed E-state index contributed by atoms with van der Waals surface area (Å²) in [6.45, 7) is 0. The molecule has 0 aromatic rings. The Balaban J connectivity index is 2.00. The zero-order valence-corrected chi connectivity index (χ0v) is 3.27. The van der Waals surface area contributed by atoms with E-state index in [0.717, 1.165) is 6.42 Å². The summed E-state index contributed by atoms with van der Waals surface area (Å²) in [7, 11) is 1.73. The first kappa shape index (κ1) is 3.16. The highest BCUT2D eigenvalue weighted by Crippen LogP contribution is 2.19. The average Bonchev–Trinajstić information content (AvgIpc) is 2.12. The molecule has 0 aliphatic heterocycles. The fourth-order valence-electron chi connectivity index (χ4n) is 0.248. The fourth-order valence-corrected chi connectivity index (χ4v) is 0.248. The van der Waals surface area contributed by atoms with Crippen LogP contribution in [0.5, 0.6) is 0 Å². The SMILES string of the molecule is COC1[CH]C1. The Hall–Kier alpha value is -0.0400. The van der Waals surface area contributed by atoms with Crippen molar-refractivity contribution in [3.8, 4) is 0 Å². The van der Waals surface area contributed by atoms with Gasteiger partial charge in [0.15, 0.2) is 0 Å². The van der Waals surface area contributed by atoms with E-state index in [-0.39, 0.29) is 0 Å². The predicted molar refractivity (Wildman–Crippen MR) is 19.7 cm³/mol. The van der Waals surface area contributed by atoms with Gasteiger partial charge in [0.1, 0.15) is 0 Å². The van der Waals surface area contributed by atoms with E-state index in [0.29, 0.717) is 6.10 Å².